The van der Waals surface area contributed by atoms with Gasteiger partial charge in [-0.2, -0.15) is 0 Å². The topological polar surface area (TPSA) is 34.1 Å². The molecule has 2 nitrogen and oxygen atoms in total. The Balaban J connectivity index is 0. The van der Waals surface area contributed by atoms with E-state index in [9.17, 15) is 9.59 Å². The molecule has 0 rings (SSSR count). The number of carbonyl (C=O) groups excluding carboxylic acids is 2. The molecule has 0 unspecified atom stereocenters. The molecule has 0 saturated carbocycles. The molecule has 0 bridgehead atoms. The van der Waals surface area contributed by atoms with Crippen LogP contribution in [0.1, 0.15) is 34.1 Å². The van der Waals surface area contributed by atoms with Crippen LogP contribution in [0, 0.1) is 5.41 Å². The molecule has 0 N–H and O–H groups in total. The molecular weight excluding hydrogens is 323 g/mol. The SMILES string of the molecule is CC(=O)CC(=O)C(C)(C)C.[Pt]. The predicted molar refractivity (Wildman–Crippen MR) is 39.8 cm³/mol. The van der Waals surface area contributed by atoms with Crippen molar-refractivity contribution >= 4 is 11.6 Å². The van der Waals surface area contributed by atoms with Crippen LogP contribution in [0.5, 0.6) is 0 Å². The fourth-order valence-electron chi connectivity index (χ4n) is 0.491. The van der Waals surface area contributed by atoms with Gasteiger partial charge in [0.2, 0.25) is 0 Å². The van der Waals surface area contributed by atoms with E-state index in [2.05, 4.69) is 0 Å². The van der Waals surface area contributed by atoms with E-state index in [-0.39, 0.29) is 44.5 Å². The second kappa shape index (κ2) is 4.82. The van der Waals surface area contributed by atoms with Crippen LogP contribution in [0.2, 0.25) is 0 Å². The molecule has 0 aromatic carbocycles. The minimum atomic E-state index is -0.369. The van der Waals surface area contributed by atoms with Crippen LogP contribution >= 0.6 is 0 Å². The van der Waals surface area contributed by atoms with Crippen molar-refractivity contribution in [2.45, 2.75) is 34.1 Å². The van der Waals surface area contributed by atoms with Crippen molar-refractivity contribution in [2.24, 2.45) is 5.41 Å². The molecule has 0 amide bonds. The second-order valence-electron chi connectivity index (χ2n) is 3.55. The molecule has 0 aliphatic rings. The quantitative estimate of drug-likeness (QED) is 0.717. The van der Waals surface area contributed by atoms with Crippen molar-refractivity contribution in [1.82, 2.24) is 0 Å². The smallest absolute Gasteiger partial charge is 0.145 e. The maximum Gasteiger partial charge on any atom is 0.145 e. The Kier molecular flexibility index (Phi) is 5.96. The molecule has 0 atom stereocenters. The number of carbonyl (C=O) groups is 2. The van der Waals surface area contributed by atoms with Gasteiger partial charge in [-0.25, -0.2) is 0 Å². The summed E-state index contributed by atoms with van der Waals surface area (Å²) in [6, 6.07) is 0. The van der Waals surface area contributed by atoms with Crippen LogP contribution in [0.4, 0.5) is 0 Å². The number of hydrogen-bond acceptors (Lipinski definition) is 2. The summed E-state index contributed by atoms with van der Waals surface area (Å²) < 4.78 is 0. The van der Waals surface area contributed by atoms with Gasteiger partial charge in [0.25, 0.3) is 0 Å². The minimum Gasteiger partial charge on any atom is -0.300 e. The van der Waals surface area contributed by atoms with Crippen molar-refractivity contribution in [2.75, 3.05) is 0 Å². The van der Waals surface area contributed by atoms with Crippen LogP contribution in [0.3, 0.4) is 0 Å². The average Bonchev–Trinajstić information content (AvgIpc) is 1.60. The normalized spacial score (nSPS) is 10.2. The van der Waals surface area contributed by atoms with Crippen molar-refractivity contribution in [3.8, 4) is 0 Å². The predicted octanol–water partition coefficient (Wildman–Crippen LogP) is 1.58. The second-order valence-corrected chi connectivity index (χ2v) is 3.55. The molecule has 0 heterocycles. The molecule has 0 radical (unpaired) electrons. The van der Waals surface area contributed by atoms with Crippen molar-refractivity contribution in [3.63, 3.8) is 0 Å². The third kappa shape index (κ3) is 6.43. The van der Waals surface area contributed by atoms with E-state index in [1.165, 1.54) is 6.92 Å². The first kappa shape index (κ1) is 13.6. The van der Waals surface area contributed by atoms with E-state index < -0.39 is 0 Å². The van der Waals surface area contributed by atoms with Gasteiger partial charge < -0.3 is 0 Å². The molecule has 0 aliphatic heterocycles. The first-order chi connectivity index (χ1) is 4.34. The van der Waals surface area contributed by atoms with E-state index >= 15 is 0 Å². The number of Topliss-reactive ketones (excluding diaryl/α,β-unsaturated/α-hetero) is 2. The summed E-state index contributed by atoms with van der Waals surface area (Å²) in [5.41, 5.74) is -0.369. The fourth-order valence-corrected chi connectivity index (χ4v) is 0.491. The summed E-state index contributed by atoms with van der Waals surface area (Å²) in [6.45, 7) is 6.89. The van der Waals surface area contributed by atoms with E-state index in [0.29, 0.717) is 0 Å². The Morgan fingerprint density at radius 1 is 1.18 bits per heavy atom. The van der Waals surface area contributed by atoms with Gasteiger partial charge in [-0.05, 0) is 6.92 Å². The molecule has 0 aromatic rings. The fraction of sp³-hybridized carbons (Fsp3) is 0.750. The molecule has 0 aliphatic carbocycles. The van der Waals surface area contributed by atoms with Gasteiger partial charge in [-0.3, -0.25) is 9.59 Å². The standard InChI is InChI=1S/C8H14O2.Pt/c1-6(9)5-7(10)8(2,3)4;/h5H2,1-4H3;. The largest absolute Gasteiger partial charge is 0.300 e. The minimum absolute atomic E-state index is 0. The maximum atomic E-state index is 11.1. The molecule has 0 spiro atoms. The van der Waals surface area contributed by atoms with Gasteiger partial charge in [-0.15, -0.1) is 0 Å². The summed E-state index contributed by atoms with van der Waals surface area (Å²) in [6.07, 6.45) is 0.0729. The van der Waals surface area contributed by atoms with Crippen molar-refractivity contribution < 1.29 is 30.7 Å². The van der Waals surface area contributed by atoms with Crippen LogP contribution in [-0.2, 0) is 30.7 Å². The average molecular weight is 337 g/mol. The molecule has 3 heteroatoms. The monoisotopic (exact) mass is 337 g/mol. The zero-order valence-corrected chi connectivity index (χ0v) is 9.61. The zero-order chi connectivity index (χ0) is 8.36. The first-order valence-corrected chi connectivity index (χ1v) is 3.37. The zero-order valence-electron chi connectivity index (χ0n) is 7.34. The third-order valence-electron chi connectivity index (χ3n) is 1.25. The number of hydrogen-bond donors (Lipinski definition) is 0. The van der Waals surface area contributed by atoms with Crippen LogP contribution < -0.4 is 0 Å². The van der Waals surface area contributed by atoms with E-state index in [4.69, 9.17) is 0 Å². The Hall–Kier alpha value is 0.0283. The molecule has 0 fully saturated rings. The third-order valence-corrected chi connectivity index (χ3v) is 1.25. The molecule has 11 heavy (non-hydrogen) atoms. The summed E-state index contributed by atoms with van der Waals surface area (Å²) >= 11 is 0. The summed E-state index contributed by atoms with van der Waals surface area (Å²) in [4.78, 5) is 21.5. The van der Waals surface area contributed by atoms with Gasteiger partial charge in [0.1, 0.15) is 11.6 Å². The van der Waals surface area contributed by atoms with Crippen LogP contribution in [-0.4, -0.2) is 11.6 Å². The summed E-state index contributed by atoms with van der Waals surface area (Å²) in [5, 5.41) is 0. The van der Waals surface area contributed by atoms with Gasteiger partial charge >= 0.3 is 0 Å². The Bertz CT molecular complexity index is 156. The van der Waals surface area contributed by atoms with Gasteiger partial charge in [0.15, 0.2) is 0 Å². The molecule has 0 saturated heterocycles. The van der Waals surface area contributed by atoms with Crippen LogP contribution in [0.15, 0.2) is 0 Å². The maximum absolute atomic E-state index is 11.1. The Morgan fingerprint density at radius 3 is 1.64 bits per heavy atom. The van der Waals surface area contributed by atoms with Crippen molar-refractivity contribution in [1.29, 1.82) is 0 Å². The van der Waals surface area contributed by atoms with E-state index in [0.717, 1.165) is 0 Å². The summed E-state index contributed by atoms with van der Waals surface area (Å²) in [5.74, 6) is -0.0417. The van der Waals surface area contributed by atoms with Gasteiger partial charge in [0, 0.05) is 26.5 Å². The number of ketones is 2. The molecular formula is C8H14O2Pt. The van der Waals surface area contributed by atoms with E-state index in [1.807, 2.05) is 20.8 Å². The van der Waals surface area contributed by atoms with Crippen LogP contribution in [0.25, 0.3) is 0 Å². The Morgan fingerprint density at radius 2 is 1.55 bits per heavy atom. The van der Waals surface area contributed by atoms with Gasteiger partial charge in [-0.1, -0.05) is 20.8 Å². The Labute approximate surface area is 82.0 Å². The van der Waals surface area contributed by atoms with Crippen molar-refractivity contribution in [3.05, 3.63) is 0 Å². The number of rotatable bonds is 2. The molecule has 0 aromatic heterocycles. The summed E-state index contributed by atoms with van der Waals surface area (Å²) in [7, 11) is 0. The van der Waals surface area contributed by atoms with E-state index in [1.54, 1.807) is 0 Å². The van der Waals surface area contributed by atoms with Gasteiger partial charge in [0.05, 0.1) is 6.42 Å². The first-order valence-electron chi connectivity index (χ1n) is 3.37. The molecule has 68 valence electrons.